The summed E-state index contributed by atoms with van der Waals surface area (Å²) in [6.45, 7) is 0.710. The lowest BCUT2D eigenvalue weighted by molar-refractivity contribution is 0.0191. The van der Waals surface area contributed by atoms with E-state index in [0.29, 0.717) is 51.2 Å². The average molecular weight is 589 g/mol. The zero-order chi connectivity index (χ0) is 27.5. The first-order chi connectivity index (χ1) is 18.6. The molecule has 1 saturated heterocycles. The second-order valence-corrected chi connectivity index (χ2v) is 13.6. The minimum atomic E-state index is -3.39. The maximum atomic E-state index is 13.6. The molecule has 204 valence electrons. The molecule has 3 aliphatic rings. The van der Waals surface area contributed by atoms with Gasteiger partial charge < -0.3 is 14.2 Å². The van der Waals surface area contributed by atoms with Crippen molar-refractivity contribution in [3.63, 3.8) is 0 Å². The van der Waals surface area contributed by atoms with E-state index in [2.05, 4.69) is 10.1 Å². The average Bonchev–Trinajstić information content (AvgIpc) is 3.32. The lowest BCUT2D eigenvalue weighted by Gasteiger charge is -2.33. The third-order valence-electron chi connectivity index (χ3n) is 7.72. The van der Waals surface area contributed by atoms with Crippen molar-refractivity contribution in [2.24, 2.45) is 5.92 Å². The topological polar surface area (TPSA) is 107 Å². The van der Waals surface area contributed by atoms with Crippen LogP contribution in [-0.4, -0.2) is 56.0 Å². The lowest BCUT2D eigenvalue weighted by atomic mass is 10.0. The Balaban J connectivity index is 1.16. The van der Waals surface area contributed by atoms with Crippen molar-refractivity contribution >= 4 is 50.5 Å². The number of esters is 1. The third kappa shape index (κ3) is 5.19. The van der Waals surface area contributed by atoms with Gasteiger partial charge in [0.2, 0.25) is 0 Å². The maximum Gasteiger partial charge on any atom is 0.344 e. The van der Waals surface area contributed by atoms with Crippen LogP contribution in [0.25, 0.3) is 11.3 Å². The highest BCUT2D eigenvalue weighted by Crippen LogP contribution is 2.47. The number of sulfone groups is 1. The van der Waals surface area contributed by atoms with Crippen molar-refractivity contribution in [3.8, 4) is 11.3 Å². The molecule has 39 heavy (non-hydrogen) atoms. The standard InChI is InChI=1S/C28H26Cl2N2O6S/c1-39(35,36)14-22(33)15-7-9-18(10-8-15)32-13-17-11-19(32)12-23(17)37-28(34)25-26(31-38-27(25)16-5-6-16)24-20(29)3-2-4-21(24)30/h2-4,7-10,16-17,19,23H,5-6,11-14H2,1H3/t17-,19-,23+/m0/s1. The number of piperidine rings is 1. The monoisotopic (exact) mass is 588 g/mol. The SMILES string of the molecule is CS(=O)(=O)CC(=O)c1ccc(N2C[C@@H]3C[C@H]2C[C@H]3OC(=O)c2c(-c3c(Cl)cccc3Cl)noc2C2CC2)cc1. The van der Waals surface area contributed by atoms with Crippen molar-refractivity contribution in [1.82, 2.24) is 5.16 Å². The summed E-state index contributed by atoms with van der Waals surface area (Å²) in [5.74, 6) is -0.578. The molecule has 2 saturated carbocycles. The first-order valence-electron chi connectivity index (χ1n) is 12.8. The van der Waals surface area contributed by atoms with Crippen molar-refractivity contribution in [1.29, 1.82) is 0 Å². The summed E-state index contributed by atoms with van der Waals surface area (Å²) in [7, 11) is -3.39. The zero-order valence-electron chi connectivity index (χ0n) is 21.1. The molecule has 0 radical (unpaired) electrons. The molecule has 8 nitrogen and oxygen atoms in total. The molecule has 3 fully saturated rings. The number of ether oxygens (including phenoxy) is 1. The van der Waals surface area contributed by atoms with E-state index < -0.39 is 27.3 Å². The number of anilines is 1. The number of carbonyl (C=O) groups is 2. The van der Waals surface area contributed by atoms with E-state index in [1.54, 1.807) is 30.3 Å². The molecule has 0 spiro atoms. The summed E-state index contributed by atoms with van der Waals surface area (Å²) in [5.41, 5.74) is 2.40. The molecular weight excluding hydrogens is 563 g/mol. The quantitative estimate of drug-likeness (QED) is 0.248. The van der Waals surface area contributed by atoms with Gasteiger partial charge in [-0.2, -0.15) is 0 Å². The van der Waals surface area contributed by atoms with Gasteiger partial charge in [0.25, 0.3) is 0 Å². The molecule has 2 heterocycles. The summed E-state index contributed by atoms with van der Waals surface area (Å²) < 4.78 is 34.6. The van der Waals surface area contributed by atoms with Crippen molar-refractivity contribution in [2.75, 3.05) is 23.5 Å². The number of rotatable bonds is 8. The van der Waals surface area contributed by atoms with Crippen LogP contribution in [0.3, 0.4) is 0 Å². The van der Waals surface area contributed by atoms with Gasteiger partial charge in [-0.15, -0.1) is 0 Å². The van der Waals surface area contributed by atoms with E-state index in [1.807, 2.05) is 12.1 Å². The first-order valence-corrected chi connectivity index (χ1v) is 15.6. The summed E-state index contributed by atoms with van der Waals surface area (Å²) in [6.07, 6.45) is 4.21. The number of benzene rings is 2. The Labute approximate surface area is 236 Å². The van der Waals surface area contributed by atoms with Gasteiger partial charge in [0, 0.05) is 53.9 Å². The minimum absolute atomic E-state index is 0.137. The minimum Gasteiger partial charge on any atom is -0.458 e. The second-order valence-electron chi connectivity index (χ2n) is 10.7. The van der Waals surface area contributed by atoms with Gasteiger partial charge in [0.15, 0.2) is 21.4 Å². The zero-order valence-corrected chi connectivity index (χ0v) is 23.4. The fourth-order valence-corrected chi connectivity index (χ4v) is 6.96. The summed E-state index contributed by atoms with van der Waals surface area (Å²) in [6, 6.07) is 12.3. The molecule has 2 bridgehead atoms. The fourth-order valence-electron chi connectivity index (χ4n) is 5.74. The number of fused-ring (bicyclic) bond motifs is 2. The largest absolute Gasteiger partial charge is 0.458 e. The molecule has 2 aromatic carbocycles. The van der Waals surface area contributed by atoms with Crippen LogP contribution in [-0.2, 0) is 14.6 Å². The molecule has 1 aromatic heterocycles. The molecule has 0 unspecified atom stereocenters. The summed E-state index contributed by atoms with van der Waals surface area (Å²) in [4.78, 5) is 28.0. The number of hydrogen-bond donors (Lipinski definition) is 0. The maximum absolute atomic E-state index is 13.6. The summed E-state index contributed by atoms with van der Waals surface area (Å²) >= 11 is 12.9. The number of carbonyl (C=O) groups excluding carboxylic acids is 2. The van der Waals surface area contributed by atoms with Gasteiger partial charge in [-0.25, -0.2) is 13.2 Å². The van der Waals surface area contributed by atoms with Gasteiger partial charge in [-0.05, 0) is 55.7 Å². The van der Waals surface area contributed by atoms with E-state index >= 15 is 0 Å². The van der Waals surface area contributed by atoms with Gasteiger partial charge in [0.1, 0.15) is 23.1 Å². The first kappa shape index (κ1) is 26.3. The van der Waals surface area contributed by atoms with E-state index in [-0.39, 0.29) is 24.0 Å². The molecule has 1 aliphatic heterocycles. The van der Waals surface area contributed by atoms with Crippen LogP contribution >= 0.6 is 23.2 Å². The molecule has 11 heteroatoms. The molecule has 2 aliphatic carbocycles. The normalized spacial score (nSPS) is 22.3. The van der Waals surface area contributed by atoms with Crippen molar-refractivity contribution in [2.45, 2.75) is 43.7 Å². The van der Waals surface area contributed by atoms with Crippen LogP contribution in [0, 0.1) is 5.92 Å². The van der Waals surface area contributed by atoms with Gasteiger partial charge in [-0.3, -0.25) is 4.79 Å². The Bertz CT molecular complexity index is 1540. The Kier molecular flexibility index (Phi) is 6.72. The van der Waals surface area contributed by atoms with E-state index in [1.165, 1.54) is 0 Å². The van der Waals surface area contributed by atoms with Gasteiger partial charge in [-0.1, -0.05) is 34.4 Å². The predicted octanol–water partition coefficient (Wildman–Crippen LogP) is 5.58. The van der Waals surface area contributed by atoms with Gasteiger partial charge in [0.05, 0.1) is 10.0 Å². The molecule has 3 aromatic rings. The van der Waals surface area contributed by atoms with Crippen LogP contribution < -0.4 is 4.90 Å². The van der Waals surface area contributed by atoms with Gasteiger partial charge >= 0.3 is 5.97 Å². The van der Waals surface area contributed by atoms with Crippen LogP contribution in [0.15, 0.2) is 47.0 Å². The molecular formula is C28H26Cl2N2O6S. The van der Waals surface area contributed by atoms with E-state index in [9.17, 15) is 18.0 Å². The second kappa shape index (κ2) is 9.94. The predicted molar refractivity (Wildman–Crippen MR) is 147 cm³/mol. The van der Waals surface area contributed by atoms with E-state index in [4.69, 9.17) is 32.5 Å². The number of nitrogens with zero attached hydrogens (tertiary/aromatic N) is 2. The highest BCUT2D eigenvalue weighted by Gasteiger charge is 2.47. The molecule has 0 amide bonds. The Hall–Kier alpha value is -2.88. The van der Waals surface area contributed by atoms with E-state index in [0.717, 1.165) is 31.2 Å². The number of ketones is 1. The number of Topliss-reactive ketones (excluding diaryl/α,β-unsaturated/α-hetero) is 1. The van der Waals surface area contributed by atoms with Crippen LogP contribution in [0.2, 0.25) is 10.0 Å². The fraction of sp³-hybridized carbons (Fsp3) is 0.393. The number of hydrogen-bond acceptors (Lipinski definition) is 8. The lowest BCUT2D eigenvalue weighted by Crippen LogP contribution is -2.39. The van der Waals surface area contributed by atoms with Crippen LogP contribution in [0.5, 0.6) is 0 Å². The molecule has 6 rings (SSSR count). The number of aromatic nitrogens is 1. The Morgan fingerprint density at radius 1 is 1.08 bits per heavy atom. The highest BCUT2D eigenvalue weighted by molar-refractivity contribution is 7.91. The van der Waals surface area contributed by atoms with Crippen LogP contribution in [0.4, 0.5) is 5.69 Å². The smallest absolute Gasteiger partial charge is 0.344 e. The van der Waals surface area contributed by atoms with Crippen molar-refractivity contribution < 1.29 is 27.3 Å². The molecule has 3 atom stereocenters. The Morgan fingerprint density at radius 3 is 2.36 bits per heavy atom. The summed E-state index contributed by atoms with van der Waals surface area (Å²) in [5, 5.41) is 4.96. The highest BCUT2D eigenvalue weighted by atomic mass is 35.5. The molecule has 0 N–H and O–H groups in total. The third-order valence-corrected chi connectivity index (χ3v) is 9.14. The van der Waals surface area contributed by atoms with Crippen LogP contribution in [0.1, 0.15) is 58.1 Å². The Morgan fingerprint density at radius 2 is 1.77 bits per heavy atom. The van der Waals surface area contributed by atoms with Crippen molar-refractivity contribution in [3.05, 3.63) is 69.4 Å². The number of halogens is 2.